The van der Waals surface area contributed by atoms with Gasteiger partial charge in [0.1, 0.15) is 11.2 Å². The van der Waals surface area contributed by atoms with E-state index in [4.69, 9.17) is 14.4 Å². The van der Waals surface area contributed by atoms with Crippen molar-refractivity contribution in [2.24, 2.45) is 0 Å². The Morgan fingerprint density at radius 1 is 0.262 bits per heavy atom. The largest absolute Gasteiger partial charge is 0.456 e. The Labute approximate surface area is 703 Å². The van der Waals surface area contributed by atoms with E-state index < -0.39 is 0 Å². The zero-order chi connectivity index (χ0) is 81.1. The Morgan fingerprint density at radius 3 is 0.934 bits per heavy atom. The first-order valence-corrected chi connectivity index (χ1v) is 42.4. The normalized spacial score (nSPS) is 12.1. The summed E-state index contributed by atoms with van der Waals surface area (Å²) in [7, 11) is 0. The number of nitrogens with zero attached hydrogens (tertiary/aromatic N) is 8. The smallest absolute Gasteiger partial charge is 0.135 e. The lowest BCUT2D eigenvalue weighted by atomic mass is 9.82. The molecule has 0 radical (unpaired) electrons. The van der Waals surface area contributed by atoms with Gasteiger partial charge in [-0.1, -0.05) is 221 Å². The zero-order valence-electron chi connectivity index (χ0n) is 68.1. The molecule has 0 saturated carbocycles. The molecule has 9 heterocycles. The van der Waals surface area contributed by atoms with Crippen molar-refractivity contribution in [1.82, 2.24) is 37.4 Å². The topological polar surface area (TPSA) is 68.5 Å². The molecule has 578 valence electrons. The standard InChI is InChI=1S/C61H41N5.C52H39N3O/c1-38-59(65-55-28-13-7-21-46(55)48-35-40(30-32-57(48)65)63-51-24-9-3-17-42(51)43-18-4-10-25-52(43)63)37-60(39(2)61(38)50-23-15-16-34-62-50)66-56-29-14-8-22-47(56)49-36-41(31-33-58(49)66)64-53-26-11-5-19-44(53)45-20-6-12-27-54(45)64;1-4-35-48(31-40(51(32(2)3)52(35)43-19-13-14-28-53-43)33-24-27-50-42(29-33)39-18-8-12-23-49(39)56-50)55-46-22-11-7-17-38(46)41-30-34(25-26-47(41)55)54-44-20-9-5-15-36(44)37-16-6-10-21-45(37)54/h3-37H,1-2H3;5-32H,4H2,1-3H3. The molecule has 0 fully saturated rings. The van der Waals surface area contributed by atoms with Gasteiger partial charge in [-0.3, -0.25) is 9.97 Å². The summed E-state index contributed by atoms with van der Waals surface area (Å²) >= 11 is 0. The van der Waals surface area contributed by atoms with Crippen LogP contribution in [0.15, 0.2) is 381 Å². The number of hydrogen-bond acceptors (Lipinski definition) is 3. The Hall–Kier alpha value is -15.6. The minimum atomic E-state index is 0.241. The van der Waals surface area contributed by atoms with E-state index in [1.807, 2.05) is 30.6 Å². The first-order chi connectivity index (χ1) is 60.2. The van der Waals surface area contributed by atoms with Gasteiger partial charge in [-0.05, 0) is 223 Å². The van der Waals surface area contributed by atoms with Crippen molar-refractivity contribution in [2.45, 2.75) is 47.0 Å². The van der Waals surface area contributed by atoms with Crippen molar-refractivity contribution in [1.29, 1.82) is 0 Å². The molecular weight excluding hydrogens is 1490 g/mol. The van der Waals surface area contributed by atoms with Crippen LogP contribution in [0, 0.1) is 13.8 Å². The Balaban J connectivity index is 0.000000140. The van der Waals surface area contributed by atoms with E-state index in [1.165, 1.54) is 153 Å². The Morgan fingerprint density at radius 2 is 0.574 bits per heavy atom. The van der Waals surface area contributed by atoms with Crippen molar-refractivity contribution < 1.29 is 4.42 Å². The van der Waals surface area contributed by atoms with Crippen LogP contribution in [0.25, 0.3) is 221 Å². The predicted octanol–water partition coefficient (Wildman–Crippen LogP) is 29.9. The number of rotatable bonds is 11. The van der Waals surface area contributed by atoms with Gasteiger partial charge in [-0.15, -0.1) is 0 Å². The predicted molar refractivity (Wildman–Crippen MR) is 511 cm³/mol. The summed E-state index contributed by atoms with van der Waals surface area (Å²) in [4.78, 5) is 10.0. The van der Waals surface area contributed by atoms with Crippen LogP contribution in [0.3, 0.4) is 0 Å². The summed E-state index contributed by atoms with van der Waals surface area (Å²) in [5, 5.41) is 17.1. The molecule has 0 unspecified atom stereocenters. The minimum absolute atomic E-state index is 0.241. The summed E-state index contributed by atoms with van der Waals surface area (Å²) in [6.07, 6.45) is 4.68. The SMILES string of the molecule is CCc1c(-n2c3ccccc3c3cc(-n4c5ccccc5c5ccccc54)ccc32)cc(-c2ccc3oc4ccccc4c3c2)c(C(C)C)c1-c1ccccn1.Cc1c(-n2c3ccccc3c3cc(-n4c5ccccc5c5ccccc54)ccc32)cc(-n2c3ccccc3c3cc(-n4c5ccccc5c5ccccc54)ccc32)c(C)c1-c1ccccn1. The first-order valence-electron chi connectivity index (χ1n) is 42.4. The molecule has 0 aliphatic carbocycles. The second-order valence-corrected chi connectivity index (χ2v) is 32.8. The minimum Gasteiger partial charge on any atom is -0.456 e. The number of para-hydroxylation sites is 10. The van der Waals surface area contributed by atoms with Gasteiger partial charge in [0.2, 0.25) is 0 Å². The number of hydrogen-bond donors (Lipinski definition) is 0. The average molecular weight is 1570 g/mol. The molecule has 9 heteroatoms. The van der Waals surface area contributed by atoms with E-state index in [1.54, 1.807) is 0 Å². The third-order valence-corrected chi connectivity index (χ3v) is 25.9. The third kappa shape index (κ3) is 10.6. The molecular formula is C113H80N8O. The summed E-state index contributed by atoms with van der Waals surface area (Å²) in [5.41, 5.74) is 34.6. The molecule has 9 aromatic heterocycles. The van der Waals surface area contributed by atoms with E-state index in [0.717, 1.165) is 95.8 Å². The molecule has 0 spiro atoms. The van der Waals surface area contributed by atoms with Crippen molar-refractivity contribution in [2.75, 3.05) is 0 Å². The lowest BCUT2D eigenvalue weighted by molar-refractivity contribution is 0.669. The lowest BCUT2D eigenvalue weighted by Gasteiger charge is -2.25. The molecule has 0 aliphatic heterocycles. The molecule has 0 saturated heterocycles. The summed E-state index contributed by atoms with van der Waals surface area (Å²) in [6, 6.07) is 133. The van der Waals surface area contributed by atoms with Gasteiger partial charge in [0, 0.05) is 116 Å². The molecule has 25 rings (SSSR count). The van der Waals surface area contributed by atoms with E-state index in [9.17, 15) is 0 Å². The lowest BCUT2D eigenvalue weighted by Crippen LogP contribution is -2.08. The van der Waals surface area contributed by atoms with E-state index in [-0.39, 0.29) is 5.92 Å². The fourth-order valence-electron chi connectivity index (χ4n) is 20.7. The second-order valence-electron chi connectivity index (χ2n) is 32.8. The maximum atomic E-state index is 6.30. The third-order valence-electron chi connectivity index (χ3n) is 25.9. The highest BCUT2D eigenvalue weighted by Crippen LogP contribution is 2.49. The Kier molecular flexibility index (Phi) is 16.1. The monoisotopic (exact) mass is 1560 g/mol. The molecule has 0 atom stereocenters. The molecule has 16 aromatic carbocycles. The van der Waals surface area contributed by atoms with Gasteiger partial charge < -0.3 is 31.8 Å². The highest BCUT2D eigenvalue weighted by atomic mass is 16.3. The van der Waals surface area contributed by atoms with Crippen LogP contribution < -0.4 is 0 Å². The molecule has 0 bridgehead atoms. The van der Waals surface area contributed by atoms with Crippen LogP contribution in [0.2, 0.25) is 0 Å². The van der Waals surface area contributed by atoms with Crippen molar-refractivity contribution in [3.05, 3.63) is 399 Å². The van der Waals surface area contributed by atoms with Crippen LogP contribution in [-0.2, 0) is 6.42 Å². The Bertz CT molecular complexity index is 8220. The maximum absolute atomic E-state index is 6.30. The molecule has 9 nitrogen and oxygen atoms in total. The van der Waals surface area contributed by atoms with Gasteiger partial charge >= 0.3 is 0 Å². The maximum Gasteiger partial charge on any atom is 0.135 e. The van der Waals surface area contributed by atoms with Gasteiger partial charge in [0.25, 0.3) is 0 Å². The van der Waals surface area contributed by atoms with Crippen molar-refractivity contribution in [3.63, 3.8) is 0 Å². The summed E-state index contributed by atoms with van der Waals surface area (Å²) in [5.74, 6) is 0.241. The zero-order valence-corrected chi connectivity index (χ0v) is 68.1. The number of aromatic nitrogens is 8. The van der Waals surface area contributed by atoms with Gasteiger partial charge in [-0.25, -0.2) is 0 Å². The number of fused-ring (bicyclic) bond motifs is 21. The molecule has 122 heavy (non-hydrogen) atoms. The van der Waals surface area contributed by atoms with Crippen LogP contribution in [0.4, 0.5) is 0 Å². The van der Waals surface area contributed by atoms with Crippen LogP contribution >= 0.6 is 0 Å². The summed E-state index contributed by atoms with van der Waals surface area (Å²) in [6.45, 7) is 11.5. The van der Waals surface area contributed by atoms with E-state index in [0.29, 0.717) is 0 Å². The van der Waals surface area contributed by atoms with Crippen LogP contribution in [0.1, 0.15) is 48.9 Å². The van der Waals surface area contributed by atoms with Crippen LogP contribution in [-0.4, -0.2) is 37.4 Å². The first kappa shape index (κ1) is 70.6. The molecule has 0 N–H and O–H groups in total. The summed E-state index contributed by atoms with van der Waals surface area (Å²) < 4.78 is 21.0. The van der Waals surface area contributed by atoms with Crippen LogP contribution in [0.5, 0.6) is 0 Å². The number of benzene rings is 16. The number of furan rings is 1. The van der Waals surface area contributed by atoms with E-state index in [2.05, 4.69) is 408 Å². The molecule has 0 amide bonds. The van der Waals surface area contributed by atoms with Gasteiger partial charge in [0.05, 0.1) is 94.7 Å². The van der Waals surface area contributed by atoms with Crippen molar-refractivity contribution in [3.8, 4) is 67.8 Å². The highest BCUT2D eigenvalue weighted by molar-refractivity contribution is 6.17. The second kappa shape index (κ2) is 27.8. The molecule has 0 aliphatic rings. The van der Waals surface area contributed by atoms with Gasteiger partial charge in [-0.2, -0.15) is 0 Å². The average Bonchev–Trinajstić information content (AvgIpc) is 1.53. The highest BCUT2D eigenvalue weighted by Gasteiger charge is 2.29. The quantitative estimate of drug-likeness (QED) is 0.130. The fourth-order valence-corrected chi connectivity index (χ4v) is 20.7. The van der Waals surface area contributed by atoms with Gasteiger partial charge in [0.15, 0.2) is 0 Å². The van der Waals surface area contributed by atoms with E-state index >= 15 is 0 Å². The molecule has 25 aromatic rings. The fraction of sp³-hybridized carbons (Fsp3) is 0.0619. The van der Waals surface area contributed by atoms with Crippen molar-refractivity contribution >= 4 is 153 Å². The number of pyridine rings is 2.